The van der Waals surface area contributed by atoms with E-state index in [1.165, 1.54) is 0 Å². The zero-order valence-corrected chi connectivity index (χ0v) is 23.8. The Hall–Kier alpha value is -3.60. The van der Waals surface area contributed by atoms with Crippen molar-refractivity contribution in [2.24, 2.45) is 0 Å². The molecule has 3 aromatic carbocycles. The molecule has 41 heavy (non-hydrogen) atoms. The third kappa shape index (κ3) is 7.78. The largest absolute Gasteiger partial charge is 0.392 e. The Bertz CT molecular complexity index is 1480. The summed E-state index contributed by atoms with van der Waals surface area (Å²) in [6.45, 7) is 1.54. The summed E-state index contributed by atoms with van der Waals surface area (Å²) >= 11 is 0. The fraction of sp³-hybridized carbons (Fsp3) is 0.281. The summed E-state index contributed by atoms with van der Waals surface area (Å²) in [5.74, 6) is 0. The van der Waals surface area contributed by atoms with Crippen molar-refractivity contribution in [2.45, 2.75) is 42.8 Å². The number of pyridine rings is 1. The molecule has 2 heterocycles. The molecule has 0 spiro atoms. The maximum absolute atomic E-state index is 12.7. The molecule has 1 aliphatic heterocycles. The topological polar surface area (TPSA) is 101 Å². The second-order valence-corrected chi connectivity index (χ2v) is 11.9. The molecule has 1 saturated heterocycles. The van der Waals surface area contributed by atoms with E-state index in [1.54, 1.807) is 42.5 Å². The first-order chi connectivity index (χ1) is 19.9. The van der Waals surface area contributed by atoms with Gasteiger partial charge in [-0.05, 0) is 54.6 Å². The van der Waals surface area contributed by atoms with Gasteiger partial charge >= 0.3 is 0 Å². The minimum atomic E-state index is -3.69. The second kappa shape index (κ2) is 13.4. The lowest BCUT2D eigenvalue weighted by Crippen LogP contribution is -2.38. The van der Waals surface area contributed by atoms with Gasteiger partial charge in [0.05, 0.1) is 23.7 Å². The van der Waals surface area contributed by atoms with Crippen LogP contribution in [0.4, 0.5) is 5.69 Å². The Morgan fingerprint density at radius 2 is 1.61 bits per heavy atom. The van der Waals surface area contributed by atoms with E-state index >= 15 is 0 Å². The molecule has 9 heteroatoms. The first kappa shape index (κ1) is 28.9. The maximum Gasteiger partial charge on any atom is 0.261 e. The quantitative estimate of drug-likeness (QED) is 0.258. The molecule has 2 N–H and O–H groups in total. The van der Waals surface area contributed by atoms with Crippen LogP contribution < -0.4 is 4.72 Å². The zero-order chi connectivity index (χ0) is 28.7. The first-order valence-electron chi connectivity index (χ1n) is 13.7. The Kier molecular flexibility index (Phi) is 9.43. The van der Waals surface area contributed by atoms with Gasteiger partial charge in [0.2, 0.25) is 0 Å². The molecular formula is C32H35N3O5S. The molecule has 4 aromatic rings. The number of hydrogen-bond donors (Lipinski definition) is 2. The van der Waals surface area contributed by atoms with E-state index in [4.69, 9.17) is 9.47 Å². The van der Waals surface area contributed by atoms with Crippen LogP contribution in [0, 0.1) is 0 Å². The SMILES string of the molecule is CN(CCc1ccccn1)C[C@@H]1C[C@H](c2ccc(CO)cc2)O[C@H](c2ccc(NS(=O)(=O)c3ccccc3)cc2)O1. The lowest BCUT2D eigenvalue weighted by Gasteiger charge is -2.38. The van der Waals surface area contributed by atoms with Crippen molar-refractivity contribution >= 4 is 15.7 Å². The molecule has 0 bridgehead atoms. The zero-order valence-electron chi connectivity index (χ0n) is 23.0. The molecule has 1 aliphatic rings. The van der Waals surface area contributed by atoms with Crippen molar-refractivity contribution < 1.29 is 23.0 Å². The van der Waals surface area contributed by atoms with Gasteiger partial charge in [0, 0.05) is 49.1 Å². The van der Waals surface area contributed by atoms with Crippen molar-refractivity contribution in [3.8, 4) is 0 Å². The summed E-state index contributed by atoms with van der Waals surface area (Å²) < 4.78 is 41.0. The Balaban J connectivity index is 1.30. The average molecular weight is 574 g/mol. The van der Waals surface area contributed by atoms with Crippen LogP contribution >= 0.6 is 0 Å². The van der Waals surface area contributed by atoms with Gasteiger partial charge in [0.15, 0.2) is 6.29 Å². The summed E-state index contributed by atoms with van der Waals surface area (Å²) in [4.78, 5) is 6.87. The number of hydrogen-bond acceptors (Lipinski definition) is 7. The summed E-state index contributed by atoms with van der Waals surface area (Å²) in [5.41, 5.74) is 4.16. The number of nitrogens with zero attached hydrogens (tertiary/aromatic N) is 2. The Labute approximate surface area is 241 Å². The monoisotopic (exact) mass is 573 g/mol. The molecule has 5 rings (SSSR count). The minimum absolute atomic E-state index is 0.0123. The Morgan fingerprint density at radius 3 is 2.29 bits per heavy atom. The summed E-state index contributed by atoms with van der Waals surface area (Å²) in [7, 11) is -1.61. The lowest BCUT2D eigenvalue weighted by molar-refractivity contribution is -0.252. The van der Waals surface area contributed by atoms with Crippen molar-refractivity contribution in [3.05, 3.63) is 126 Å². The number of anilines is 1. The van der Waals surface area contributed by atoms with Crippen LogP contribution in [0.15, 0.2) is 108 Å². The molecule has 0 radical (unpaired) electrons. The Morgan fingerprint density at radius 1 is 0.902 bits per heavy atom. The molecule has 0 amide bonds. The van der Waals surface area contributed by atoms with Gasteiger partial charge in [0.25, 0.3) is 10.0 Å². The smallest absolute Gasteiger partial charge is 0.261 e. The summed E-state index contributed by atoms with van der Waals surface area (Å²) in [5, 5.41) is 9.46. The van der Waals surface area contributed by atoms with E-state index in [9.17, 15) is 13.5 Å². The van der Waals surface area contributed by atoms with Crippen molar-refractivity contribution in [2.75, 3.05) is 24.9 Å². The van der Waals surface area contributed by atoms with Crippen LogP contribution in [-0.4, -0.2) is 49.6 Å². The molecule has 0 saturated carbocycles. The van der Waals surface area contributed by atoms with Crippen molar-refractivity contribution in [1.82, 2.24) is 9.88 Å². The van der Waals surface area contributed by atoms with Crippen LogP contribution in [-0.2, 0) is 32.5 Å². The van der Waals surface area contributed by atoms with Crippen molar-refractivity contribution in [3.63, 3.8) is 0 Å². The van der Waals surface area contributed by atoms with E-state index in [-0.39, 0.29) is 23.7 Å². The van der Waals surface area contributed by atoms with Gasteiger partial charge in [-0.15, -0.1) is 0 Å². The number of likely N-dealkylation sites (N-methyl/N-ethyl adjacent to an activating group) is 1. The standard InChI is InChI=1S/C32H35N3O5S/c1-35(20-18-27-7-5-6-19-33-27)22-29-21-31(25-12-10-24(23-36)11-13-25)40-32(39-29)26-14-16-28(17-15-26)34-41(37,38)30-8-3-2-4-9-30/h2-17,19,29,31-32,34,36H,18,20-23H2,1H3/t29-,31+,32+/m0/s1. The van der Waals surface area contributed by atoms with Gasteiger partial charge in [0.1, 0.15) is 0 Å². The van der Waals surface area contributed by atoms with Crippen LogP contribution in [0.2, 0.25) is 0 Å². The maximum atomic E-state index is 12.7. The van der Waals surface area contributed by atoms with Gasteiger partial charge in [-0.1, -0.05) is 60.7 Å². The molecular weight excluding hydrogens is 538 g/mol. The average Bonchev–Trinajstić information content (AvgIpc) is 3.01. The molecule has 1 fully saturated rings. The fourth-order valence-corrected chi connectivity index (χ4v) is 5.93. The molecule has 8 nitrogen and oxygen atoms in total. The highest BCUT2D eigenvalue weighted by Crippen LogP contribution is 2.38. The number of sulfonamides is 1. The van der Waals surface area contributed by atoms with E-state index in [2.05, 4.69) is 21.7 Å². The molecule has 3 atom stereocenters. The fourth-order valence-electron chi connectivity index (χ4n) is 4.85. The number of benzene rings is 3. The number of aromatic nitrogens is 1. The number of rotatable bonds is 11. The number of nitrogens with one attached hydrogen (secondary N) is 1. The van der Waals surface area contributed by atoms with Gasteiger partial charge < -0.3 is 19.5 Å². The minimum Gasteiger partial charge on any atom is -0.392 e. The second-order valence-electron chi connectivity index (χ2n) is 10.2. The molecule has 214 valence electrons. The molecule has 0 unspecified atom stereocenters. The number of ether oxygens (including phenoxy) is 2. The van der Waals surface area contributed by atoms with E-state index in [0.717, 1.165) is 35.3 Å². The van der Waals surface area contributed by atoms with Crippen LogP contribution in [0.1, 0.15) is 41.2 Å². The predicted octanol–water partition coefficient (Wildman–Crippen LogP) is 5.09. The van der Waals surface area contributed by atoms with Crippen LogP contribution in [0.25, 0.3) is 0 Å². The highest BCUT2D eigenvalue weighted by atomic mass is 32.2. The van der Waals surface area contributed by atoms with Crippen molar-refractivity contribution in [1.29, 1.82) is 0 Å². The number of aliphatic hydroxyl groups excluding tert-OH is 1. The van der Waals surface area contributed by atoms with Gasteiger partial charge in [-0.3, -0.25) is 9.71 Å². The molecule has 0 aliphatic carbocycles. The van der Waals surface area contributed by atoms with E-state index in [1.807, 2.05) is 60.8 Å². The summed E-state index contributed by atoms with van der Waals surface area (Å²) in [6.07, 6.45) is 2.41. The van der Waals surface area contributed by atoms with Gasteiger partial charge in [-0.2, -0.15) is 0 Å². The molecule has 1 aromatic heterocycles. The summed E-state index contributed by atoms with van der Waals surface area (Å²) in [6, 6.07) is 29.1. The normalized spacial score (nSPS) is 19.2. The van der Waals surface area contributed by atoms with Gasteiger partial charge in [-0.25, -0.2) is 8.42 Å². The van der Waals surface area contributed by atoms with Crippen LogP contribution in [0.3, 0.4) is 0 Å². The first-order valence-corrected chi connectivity index (χ1v) is 15.1. The van der Waals surface area contributed by atoms with E-state index in [0.29, 0.717) is 18.7 Å². The third-order valence-electron chi connectivity index (χ3n) is 7.09. The highest BCUT2D eigenvalue weighted by molar-refractivity contribution is 7.92. The lowest BCUT2D eigenvalue weighted by atomic mass is 9.99. The highest BCUT2D eigenvalue weighted by Gasteiger charge is 2.32. The van der Waals surface area contributed by atoms with E-state index < -0.39 is 16.3 Å². The predicted molar refractivity (Wildman–Crippen MR) is 158 cm³/mol. The third-order valence-corrected chi connectivity index (χ3v) is 8.49. The number of aliphatic hydroxyl groups is 1. The van der Waals surface area contributed by atoms with Crippen LogP contribution in [0.5, 0.6) is 0 Å².